The Bertz CT molecular complexity index is 1650. The molecular formula is C26H11B9O2. The second-order valence-electron chi connectivity index (χ2n) is 8.88. The van der Waals surface area contributed by atoms with Crippen LogP contribution in [0.3, 0.4) is 0 Å². The van der Waals surface area contributed by atoms with Crippen molar-refractivity contribution < 1.29 is 10.0 Å². The predicted octanol–water partition coefficient (Wildman–Crippen LogP) is -4.64. The van der Waals surface area contributed by atoms with Gasteiger partial charge in [0.25, 0.3) is 0 Å². The summed E-state index contributed by atoms with van der Waals surface area (Å²) in [6, 6.07) is 17.3. The average Bonchev–Trinajstić information content (AvgIpc) is 2.91. The van der Waals surface area contributed by atoms with Crippen LogP contribution in [0.4, 0.5) is 0 Å². The second-order valence-corrected chi connectivity index (χ2v) is 8.88. The normalized spacial score (nSPS) is 11.3. The third kappa shape index (κ3) is 3.78. The van der Waals surface area contributed by atoms with Gasteiger partial charge < -0.3 is 10.0 Å². The smallest absolute Gasteiger partial charge is 0.423 e. The van der Waals surface area contributed by atoms with E-state index in [2.05, 4.69) is 0 Å². The van der Waals surface area contributed by atoms with Crippen LogP contribution in [0.2, 0.25) is 0 Å². The minimum absolute atomic E-state index is 0.00325. The number of rotatable bonds is 3. The molecule has 2 N–H and O–H groups in total. The Morgan fingerprint density at radius 2 is 0.811 bits per heavy atom. The lowest BCUT2D eigenvalue weighted by atomic mass is 9.56. The molecule has 0 saturated carbocycles. The highest BCUT2D eigenvalue weighted by Crippen LogP contribution is 2.38. The molecule has 0 amide bonds. The van der Waals surface area contributed by atoms with Crippen molar-refractivity contribution >= 4 is 141 Å². The van der Waals surface area contributed by atoms with E-state index in [1.54, 1.807) is 0 Å². The lowest BCUT2D eigenvalue weighted by Gasteiger charge is -2.29. The molecule has 37 heavy (non-hydrogen) atoms. The van der Waals surface area contributed by atoms with Crippen molar-refractivity contribution in [1.82, 2.24) is 0 Å². The Morgan fingerprint density at radius 3 is 1.24 bits per heavy atom. The Hall–Kier alpha value is -2.88. The van der Waals surface area contributed by atoms with Gasteiger partial charge >= 0.3 is 7.12 Å². The largest absolute Gasteiger partial charge is 0.489 e. The van der Waals surface area contributed by atoms with E-state index < -0.39 is 7.12 Å². The summed E-state index contributed by atoms with van der Waals surface area (Å²) in [6.07, 6.45) is 0. The van der Waals surface area contributed by atoms with Gasteiger partial charge in [0.1, 0.15) is 62.8 Å². The van der Waals surface area contributed by atoms with Crippen LogP contribution in [0, 0.1) is 0 Å². The molecule has 2 nitrogen and oxygen atoms in total. The Morgan fingerprint density at radius 1 is 0.432 bits per heavy atom. The van der Waals surface area contributed by atoms with Gasteiger partial charge in [-0.2, -0.15) is 0 Å². The summed E-state index contributed by atoms with van der Waals surface area (Å²) in [4.78, 5) is 0. The van der Waals surface area contributed by atoms with E-state index in [9.17, 15) is 10.0 Å². The first kappa shape index (κ1) is 25.8. The minimum Gasteiger partial charge on any atom is -0.423 e. The summed E-state index contributed by atoms with van der Waals surface area (Å²) >= 11 is 0. The molecule has 5 aromatic rings. The first-order valence-electron chi connectivity index (χ1n) is 11.4. The third-order valence-corrected chi connectivity index (χ3v) is 6.90. The fourth-order valence-corrected chi connectivity index (χ4v) is 5.08. The van der Waals surface area contributed by atoms with E-state index in [-0.39, 0.29) is 59.9 Å². The fourth-order valence-electron chi connectivity index (χ4n) is 5.08. The van der Waals surface area contributed by atoms with E-state index in [1.165, 1.54) is 0 Å². The monoisotopic (exact) mass is 454 g/mol. The second kappa shape index (κ2) is 9.46. The zero-order valence-corrected chi connectivity index (χ0v) is 19.8. The summed E-state index contributed by atoms with van der Waals surface area (Å²) in [5.74, 6) is 0. The molecule has 0 bridgehead atoms. The number of fused-ring (bicyclic) bond motifs is 2. The summed E-state index contributed by atoms with van der Waals surface area (Å²) < 4.78 is 0. The van der Waals surface area contributed by atoms with Gasteiger partial charge in [0.2, 0.25) is 0 Å². The van der Waals surface area contributed by atoms with Crippen molar-refractivity contribution in [2.45, 2.75) is 0 Å². The molecule has 0 aliphatic carbocycles. The third-order valence-electron chi connectivity index (χ3n) is 6.90. The average molecular weight is 453 g/mol. The Balaban J connectivity index is 2.20. The summed E-state index contributed by atoms with van der Waals surface area (Å²) in [6.45, 7) is 0. The van der Waals surface area contributed by atoms with Crippen LogP contribution in [0.25, 0.3) is 43.8 Å². The van der Waals surface area contributed by atoms with Crippen LogP contribution in [-0.4, -0.2) is 79.9 Å². The quantitative estimate of drug-likeness (QED) is 0.214. The van der Waals surface area contributed by atoms with Gasteiger partial charge in [-0.05, 0) is 49.3 Å². The highest BCUT2D eigenvalue weighted by Gasteiger charge is 2.28. The van der Waals surface area contributed by atoms with E-state index >= 15 is 0 Å². The van der Waals surface area contributed by atoms with Crippen LogP contribution in [0.15, 0.2) is 54.6 Å². The molecule has 5 rings (SSSR count). The van der Waals surface area contributed by atoms with Crippen LogP contribution >= 0.6 is 0 Å². The molecule has 0 fully saturated rings. The van der Waals surface area contributed by atoms with Gasteiger partial charge in [-0.15, -0.1) is 21.9 Å². The topological polar surface area (TPSA) is 40.5 Å². The van der Waals surface area contributed by atoms with Crippen molar-refractivity contribution in [2.75, 3.05) is 0 Å². The predicted molar refractivity (Wildman–Crippen MR) is 165 cm³/mol. The van der Waals surface area contributed by atoms with Crippen molar-refractivity contribution in [3.05, 3.63) is 54.6 Å². The first-order chi connectivity index (χ1) is 17.6. The molecule has 0 saturated heterocycles. The zero-order chi connectivity index (χ0) is 26.8. The van der Waals surface area contributed by atoms with Gasteiger partial charge in [0, 0.05) is 0 Å². The first-order valence-corrected chi connectivity index (χ1v) is 11.4. The molecule has 5 aromatic carbocycles. The van der Waals surface area contributed by atoms with Gasteiger partial charge in [-0.25, -0.2) is 0 Å². The van der Waals surface area contributed by atoms with Crippen LogP contribution < -0.4 is 49.2 Å². The maximum Gasteiger partial charge on any atom is 0.489 e. The molecule has 0 aliphatic rings. The molecular weight excluding hydrogens is 442 g/mol. The fraction of sp³-hybridized carbons (Fsp3) is 0. The van der Waals surface area contributed by atoms with E-state index in [0.717, 1.165) is 11.1 Å². The van der Waals surface area contributed by atoms with Crippen LogP contribution in [-0.2, 0) is 0 Å². The summed E-state index contributed by atoms with van der Waals surface area (Å²) in [5.41, 5.74) is 3.22. The van der Waals surface area contributed by atoms with Crippen molar-refractivity contribution in [3.63, 3.8) is 0 Å². The molecule has 16 radical (unpaired) electrons. The molecule has 154 valence electrons. The molecule has 0 atom stereocenters. The molecule has 0 unspecified atom stereocenters. The summed E-state index contributed by atoms with van der Waals surface area (Å²) in [5, 5.41) is 22.2. The lowest BCUT2D eigenvalue weighted by Crippen LogP contribution is -2.53. The standard InChI is InChI=1S/C26H11B9O2/c27-18-14-13(12-9-5-4-8-11(12)10-6-2-1-3-7-10)15-17(21(30)25(34)23(32)19(15)28)26(35(36)37)16(14)20(29)24(33)22(18)31/h1-9,36-37H. The van der Waals surface area contributed by atoms with Crippen molar-refractivity contribution in [1.29, 1.82) is 0 Å². The molecule has 0 aromatic heterocycles. The van der Waals surface area contributed by atoms with E-state index in [1.807, 2.05) is 54.6 Å². The SMILES string of the molecule is [B]c1c([B])c([B])c2c(-c3ccccc3-c3ccccc3)c3c([B])c([B])c([B])c([B])c3c(B(O)O)c2c1[B]. The number of hydrogen-bond acceptors (Lipinski definition) is 2. The van der Waals surface area contributed by atoms with Crippen molar-refractivity contribution in [3.8, 4) is 22.3 Å². The van der Waals surface area contributed by atoms with E-state index in [4.69, 9.17) is 62.8 Å². The van der Waals surface area contributed by atoms with Crippen molar-refractivity contribution in [2.24, 2.45) is 0 Å². The molecule has 0 spiro atoms. The van der Waals surface area contributed by atoms with Gasteiger partial charge in [-0.1, -0.05) is 76.4 Å². The molecule has 11 heteroatoms. The van der Waals surface area contributed by atoms with Gasteiger partial charge in [-0.3, -0.25) is 0 Å². The maximum absolute atomic E-state index is 10.6. The molecule has 0 aliphatic heterocycles. The van der Waals surface area contributed by atoms with Gasteiger partial charge in [0.15, 0.2) is 0 Å². The summed E-state index contributed by atoms with van der Waals surface area (Å²) in [7, 11) is 49.0. The lowest BCUT2D eigenvalue weighted by molar-refractivity contribution is 0.426. The number of hydrogen-bond donors (Lipinski definition) is 2. The van der Waals surface area contributed by atoms with Crippen LogP contribution in [0.5, 0.6) is 0 Å². The minimum atomic E-state index is -2.04. The van der Waals surface area contributed by atoms with E-state index in [0.29, 0.717) is 21.9 Å². The Kier molecular flexibility index (Phi) is 6.58. The zero-order valence-electron chi connectivity index (χ0n) is 19.8. The number of benzene rings is 5. The van der Waals surface area contributed by atoms with Crippen LogP contribution in [0.1, 0.15) is 0 Å². The Labute approximate surface area is 227 Å². The highest BCUT2D eigenvalue weighted by atomic mass is 16.4. The van der Waals surface area contributed by atoms with Gasteiger partial charge in [0.05, 0.1) is 0 Å². The highest BCUT2D eigenvalue weighted by molar-refractivity contribution is 6.77. The maximum atomic E-state index is 10.6. The molecule has 0 heterocycles.